The average molecular weight is 302 g/mol. The first-order valence-electron chi connectivity index (χ1n) is 5.24. The quantitative estimate of drug-likeness (QED) is 0.418. The van der Waals surface area contributed by atoms with Crippen molar-refractivity contribution in [1.29, 1.82) is 0 Å². The van der Waals surface area contributed by atoms with Gasteiger partial charge < -0.3 is 0 Å². The van der Waals surface area contributed by atoms with Gasteiger partial charge in [0, 0.05) is 16.9 Å². The highest BCUT2D eigenvalue weighted by atomic mass is 32.1. The van der Waals surface area contributed by atoms with E-state index in [0.717, 1.165) is 5.56 Å². The fourth-order valence-corrected chi connectivity index (χ4v) is 0.807. The molecule has 0 N–H and O–H groups in total. The first kappa shape index (κ1) is 26.2. The highest BCUT2D eigenvalue weighted by molar-refractivity contribution is 7.59. The Labute approximate surface area is 128 Å². The summed E-state index contributed by atoms with van der Waals surface area (Å²) >= 11 is 0. The van der Waals surface area contributed by atoms with Gasteiger partial charge in [0.15, 0.2) is 0 Å². The Bertz CT molecular complexity index is 381. The van der Waals surface area contributed by atoms with Crippen LogP contribution in [0.3, 0.4) is 0 Å². The van der Waals surface area contributed by atoms with E-state index in [2.05, 4.69) is 20.1 Å². The highest BCUT2D eigenvalue weighted by Crippen LogP contribution is 2.03. The summed E-state index contributed by atoms with van der Waals surface area (Å²) in [5, 5.41) is 6.37. The number of azide groups is 2. The van der Waals surface area contributed by atoms with E-state index in [9.17, 15) is 0 Å². The third kappa shape index (κ3) is 19.1. The minimum absolute atomic E-state index is 0. The monoisotopic (exact) mass is 302 g/mol. The van der Waals surface area contributed by atoms with Crippen LogP contribution in [0.2, 0.25) is 0 Å². The molecule has 0 aliphatic heterocycles. The summed E-state index contributed by atoms with van der Waals surface area (Å²) in [5.74, 6) is 0. The van der Waals surface area contributed by atoms with E-state index in [4.69, 9.17) is 11.1 Å². The van der Waals surface area contributed by atoms with Crippen LogP contribution in [0.5, 0.6) is 0 Å². The van der Waals surface area contributed by atoms with Gasteiger partial charge in [0.05, 0.1) is 6.54 Å². The summed E-state index contributed by atoms with van der Waals surface area (Å²) in [7, 11) is 1.39. The fourth-order valence-electron chi connectivity index (χ4n) is 0.807. The van der Waals surface area contributed by atoms with Crippen molar-refractivity contribution in [2.45, 2.75) is 27.3 Å². The van der Waals surface area contributed by atoms with Gasteiger partial charge in [-0.15, -0.1) is 0 Å². The van der Waals surface area contributed by atoms with E-state index < -0.39 is 0 Å². The number of benzene rings is 1. The lowest BCUT2D eigenvalue weighted by molar-refractivity contribution is 1.05. The molecule has 0 fully saturated rings. The SMILES string of the molecule is CC.CN=[N+]=[N-].Cc1ccc(CN=[N+]=[N-])cc1.S.S. The lowest BCUT2D eigenvalue weighted by Crippen LogP contribution is -1.79. The van der Waals surface area contributed by atoms with Crippen molar-refractivity contribution in [3.05, 3.63) is 56.3 Å². The maximum atomic E-state index is 8.04. The first-order valence-corrected chi connectivity index (χ1v) is 5.24. The maximum absolute atomic E-state index is 8.04. The van der Waals surface area contributed by atoms with Gasteiger partial charge in [-0.1, -0.05) is 53.9 Å². The smallest absolute Gasteiger partial charge is 0.0510 e. The number of hydrogen-bond acceptors (Lipinski definition) is 2. The van der Waals surface area contributed by atoms with Crippen molar-refractivity contribution in [2.24, 2.45) is 10.2 Å². The molecule has 0 spiro atoms. The van der Waals surface area contributed by atoms with E-state index in [-0.39, 0.29) is 27.0 Å². The predicted octanol–water partition coefficient (Wildman–Crippen LogP) is 4.98. The van der Waals surface area contributed by atoms with Gasteiger partial charge in [0.25, 0.3) is 0 Å². The molecule has 6 nitrogen and oxygen atoms in total. The lowest BCUT2D eigenvalue weighted by atomic mass is 10.2. The van der Waals surface area contributed by atoms with Crippen molar-refractivity contribution in [3.63, 3.8) is 0 Å². The molecule has 0 heterocycles. The summed E-state index contributed by atoms with van der Waals surface area (Å²) in [4.78, 5) is 5.04. The van der Waals surface area contributed by atoms with Crippen molar-refractivity contribution >= 4 is 27.0 Å². The van der Waals surface area contributed by atoms with E-state index in [1.165, 1.54) is 12.6 Å². The summed E-state index contributed by atoms with van der Waals surface area (Å²) in [5.41, 5.74) is 17.6. The number of aryl methyl sites for hydroxylation is 1. The molecule has 1 rings (SSSR count). The second kappa shape index (κ2) is 21.8. The minimum atomic E-state index is 0. The van der Waals surface area contributed by atoms with E-state index >= 15 is 0 Å². The molecule has 8 heteroatoms. The summed E-state index contributed by atoms with van der Waals surface area (Å²) in [6.45, 7) is 6.47. The van der Waals surface area contributed by atoms with Crippen LogP contribution >= 0.6 is 27.0 Å². The summed E-state index contributed by atoms with van der Waals surface area (Å²) < 4.78 is 0. The maximum Gasteiger partial charge on any atom is 0.0510 e. The lowest BCUT2D eigenvalue weighted by Gasteiger charge is -1.94. The molecule has 0 unspecified atom stereocenters. The molecule has 0 saturated carbocycles. The predicted molar refractivity (Wildman–Crippen MR) is 91.2 cm³/mol. The molecule has 0 radical (unpaired) electrons. The Hall–Kier alpha value is -1.46. The summed E-state index contributed by atoms with van der Waals surface area (Å²) in [6.07, 6.45) is 0. The van der Waals surface area contributed by atoms with Crippen molar-refractivity contribution in [3.8, 4) is 0 Å². The number of rotatable bonds is 2. The molecule has 108 valence electrons. The second-order valence-electron chi connectivity index (χ2n) is 2.66. The van der Waals surface area contributed by atoms with Crippen LogP contribution in [0.15, 0.2) is 34.5 Å². The molecule has 1 aromatic rings. The normalized spacial score (nSPS) is 6.32. The van der Waals surface area contributed by atoms with Crippen LogP contribution in [0.4, 0.5) is 0 Å². The van der Waals surface area contributed by atoms with Crippen molar-refractivity contribution in [1.82, 2.24) is 0 Å². The molecular formula is C11H22N6S2. The Morgan fingerprint density at radius 3 is 1.74 bits per heavy atom. The van der Waals surface area contributed by atoms with Gasteiger partial charge in [-0.3, -0.25) is 0 Å². The summed E-state index contributed by atoms with van der Waals surface area (Å²) in [6, 6.07) is 7.93. The molecule has 19 heavy (non-hydrogen) atoms. The van der Waals surface area contributed by atoms with Gasteiger partial charge in [0.1, 0.15) is 0 Å². The first-order chi connectivity index (χ1) is 8.24. The molecule has 1 aromatic carbocycles. The van der Waals surface area contributed by atoms with Crippen molar-refractivity contribution < 1.29 is 0 Å². The van der Waals surface area contributed by atoms with E-state index in [1.807, 2.05) is 45.0 Å². The molecule has 0 bridgehead atoms. The van der Waals surface area contributed by atoms with E-state index in [1.54, 1.807) is 0 Å². The third-order valence-electron chi connectivity index (χ3n) is 1.53. The zero-order valence-electron chi connectivity index (χ0n) is 11.7. The van der Waals surface area contributed by atoms with Crippen LogP contribution in [0.1, 0.15) is 25.0 Å². The fraction of sp³-hybridized carbons (Fsp3) is 0.455. The van der Waals surface area contributed by atoms with Crippen LogP contribution in [-0.2, 0) is 6.54 Å². The van der Waals surface area contributed by atoms with Gasteiger partial charge in [0.2, 0.25) is 0 Å². The van der Waals surface area contributed by atoms with Gasteiger partial charge in [-0.2, -0.15) is 27.0 Å². The molecule has 0 amide bonds. The largest absolute Gasteiger partial charge is 0.197 e. The Morgan fingerprint density at radius 1 is 1.00 bits per heavy atom. The minimum Gasteiger partial charge on any atom is -0.197 e. The van der Waals surface area contributed by atoms with Gasteiger partial charge in [-0.05, 0) is 23.5 Å². The molecule has 0 aliphatic rings. The standard InChI is InChI=1S/C8H9N3.C2H6.CH3N3.2H2S/c1-7-2-4-8(5-3-7)6-10-11-9;1-2;1-3-4-2;;/h2-5H,6H2,1H3;1-2H3;1H3;2*1H2. The zero-order valence-corrected chi connectivity index (χ0v) is 13.7. The van der Waals surface area contributed by atoms with Gasteiger partial charge >= 0.3 is 0 Å². The highest BCUT2D eigenvalue weighted by Gasteiger charge is 1.87. The molecule has 0 saturated heterocycles. The van der Waals surface area contributed by atoms with Crippen LogP contribution in [0, 0.1) is 6.92 Å². The zero-order chi connectivity index (χ0) is 13.5. The average Bonchev–Trinajstić information content (AvgIpc) is 2.41. The third-order valence-corrected chi connectivity index (χ3v) is 1.53. The molecule has 0 atom stereocenters. The van der Waals surface area contributed by atoms with E-state index in [0.29, 0.717) is 6.54 Å². The number of nitrogens with zero attached hydrogens (tertiary/aromatic N) is 6. The van der Waals surface area contributed by atoms with Crippen molar-refractivity contribution in [2.75, 3.05) is 7.05 Å². The Morgan fingerprint density at radius 2 is 1.42 bits per heavy atom. The topological polar surface area (TPSA) is 97.5 Å². The van der Waals surface area contributed by atoms with Crippen LogP contribution < -0.4 is 0 Å². The van der Waals surface area contributed by atoms with Gasteiger partial charge in [-0.25, -0.2) is 0 Å². The molecule has 0 aromatic heterocycles. The van der Waals surface area contributed by atoms with Crippen LogP contribution in [-0.4, -0.2) is 7.05 Å². The second-order valence-corrected chi connectivity index (χ2v) is 2.66. The Kier molecular flexibility index (Phi) is 30.0. The number of hydrogen-bond donors (Lipinski definition) is 0. The van der Waals surface area contributed by atoms with Crippen LogP contribution in [0.25, 0.3) is 20.9 Å². The Balaban J connectivity index is -0.000000123. The molecule has 0 aliphatic carbocycles. The molecular weight excluding hydrogens is 280 g/mol.